The van der Waals surface area contributed by atoms with E-state index in [-0.39, 0.29) is 12.6 Å². The summed E-state index contributed by atoms with van der Waals surface area (Å²) in [6.07, 6.45) is -0.212. The molecule has 0 bridgehead atoms. The Bertz CT molecular complexity index is 508. The number of hydrogen-bond acceptors (Lipinski definition) is 5. The van der Waals surface area contributed by atoms with Crippen molar-refractivity contribution in [3.63, 3.8) is 0 Å². The van der Waals surface area contributed by atoms with Crippen LogP contribution < -0.4 is 4.72 Å². The highest BCUT2D eigenvalue weighted by atomic mass is 79.9. The van der Waals surface area contributed by atoms with Crippen LogP contribution in [-0.2, 0) is 19.5 Å². The second-order valence-electron chi connectivity index (χ2n) is 3.89. The van der Waals surface area contributed by atoms with Gasteiger partial charge in [-0.3, -0.25) is 0 Å². The van der Waals surface area contributed by atoms with Crippen LogP contribution in [0.2, 0.25) is 0 Å². The van der Waals surface area contributed by atoms with Crippen molar-refractivity contribution in [1.29, 1.82) is 0 Å². The van der Waals surface area contributed by atoms with Gasteiger partial charge >= 0.3 is 0 Å². The van der Waals surface area contributed by atoms with E-state index in [1.165, 1.54) is 11.3 Å². The van der Waals surface area contributed by atoms with Gasteiger partial charge in [0, 0.05) is 11.4 Å². The molecule has 18 heavy (non-hydrogen) atoms. The van der Waals surface area contributed by atoms with Crippen molar-refractivity contribution >= 4 is 37.3 Å². The van der Waals surface area contributed by atoms with Crippen molar-refractivity contribution in [2.75, 3.05) is 26.4 Å². The molecule has 0 amide bonds. The summed E-state index contributed by atoms with van der Waals surface area (Å²) in [5, 5.41) is 0. The molecule has 1 aromatic rings. The molecule has 1 N–H and O–H groups in total. The smallest absolute Gasteiger partial charge is 0.241 e. The van der Waals surface area contributed by atoms with Gasteiger partial charge in [0.2, 0.25) is 10.0 Å². The van der Waals surface area contributed by atoms with Crippen LogP contribution in [0.5, 0.6) is 0 Å². The summed E-state index contributed by atoms with van der Waals surface area (Å²) < 4.78 is 38.1. The maximum Gasteiger partial charge on any atom is 0.241 e. The summed E-state index contributed by atoms with van der Waals surface area (Å²) in [4.78, 5) is 1.08. The fourth-order valence-electron chi connectivity index (χ4n) is 1.63. The van der Waals surface area contributed by atoms with Crippen LogP contribution in [0.3, 0.4) is 0 Å². The van der Waals surface area contributed by atoms with Crippen molar-refractivity contribution < 1.29 is 17.9 Å². The van der Waals surface area contributed by atoms with Crippen LogP contribution >= 0.6 is 27.3 Å². The van der Waals surface area contributed by atoms with Gasteiger partial charge < -0.3 is 9.47 Å². The molecule has 102 valence electrons. The van der Waals surface area contributed by atoms with Gasteiger partial charge in [-0.05, 0) is 28.9 Å². The first-order valence-corrected chi connectivity index (χ1v) is 8.53. The summed E-state index contributed by atoms with van der Waals surface area (Å²) in [5.74, 6) is 0. The predicted octanol–water partition coefficient (Wildman–Crippen LogP) is 1.51. The lowest BCUT2D eigenvalue weighted by molar-refractivity contribution is -0.0846. The van der Waals surface area contributed by atoms with E-state index in [4.69, 9.17) is 9.47 Å². The minimum atomic E-state index is -3.47. The van der Waals surface area contributed by atoms with Crippen LogP contribution in [0, 0.1) is 6.92 Å². The Labute approximate surface area is 119 Å². The fourth-order valence-corrected chi connectivity index (χ4v) is 5.11. The highest BCUT2D eigenvalue weighted by Crippen LogP contribution is 2.29. The number of ether oxygens (including phenoxy) is 2. The van der Waals surface area contributed by atoms with E-state index in [0.29, 0.717) is 24.7 Å². The molecule has 2 heterocycles. The Morgan fingerprint density at radius 3 is 2.89 bits per heavy atom. The second kappa shape index (κ2) is 5.98. The van der Waals surface area contributed by atoms with Crippen molar-refractivity contribution in [3.8, 4) is 0 Å². The molecule has 0 spiro atoms. The molecule has 1 atom stereocenters. The first-order valence-electron chi connectivity index (χ1n) is 5.44. The van der Waals surface area contributed by atoms with E-state index in [1.54, 1.807) is 13.0 Å². The van der Waals surface area contributed by atoms with Crippen molar-refractivity contribution in [2.24, 2.45) is 0 Å². The summed E-state index contributed by atoms with van der Waals surface area (Å²) in [6, 6.07) is 1.61. The van der Waals surface area contributed by atoms with E-state index in [0.717, 1.165) is 8.66 Å². The Morgan fingerprint density at radius 2 is 2.33 bits per heavy atom. The molecule has 2 rings (SSSR count). The van der Waals surface area contributed by atoms with E-state index in [9.17, 15) is 8.42 Å². The molecule has 0 saturated carbocycles. The quantitative estimate of drug-likeness (QED) is 0.888. The predicted molar refractivity (Wildman–Crippen MR) is 72.5 cm³/mol. The first-order chi connectivity index (χ1) is 8.49. The van der Waals surface area contributed by atoms with Gasteiger partial charge in [0.15, 0.2) is 0 Å². The zero-order chi connectivity index (χ0) is 13.2. The number of aryl methyl sites for hydroxylation is 1. The third-order valence-electron chi connectivity index (χ3n) is 2.52. The lowest BCUT2D eigenvalue weighted by Gasteiger charge is -2.22. The largest absolute Gasteiger partial charge is 0.376 e. The van der Waals surface area contributed by atoms with Crippen LogP contribution in [0.4, 0.5) is 0 Å². The third kappa shape index (κ3) is 3.52. The van der Waals surface area contributed by atoms with Gasteiger partial charge in [-0.2, -0.15) is 0 Å². The maximum absolute atomic E-state index is 12.1. The molecule has 1 saturated heterocycles. The minimum Gasteiger partial charge on any atom is -0.376 e. The Hall–Kier alpha value is 0.01000. The third-order valence-corrected chi connectivity index (χ3v) is 5.75. The van der Waals surface area contributed by atoms with Crippen molar-refractivity contribution in [2.45, 2.75) is 17.9 Å². The minimum absolute atomic E-state index is 0.212. The Balaban J connectivity index is 2.01. The fraction of sp³-hybridized carbons (Fsp3) is 0.600. The molecule has 0 aromatic carbocycles. The maximum atomic E-state index is 12.1. The number of sulfonamides is 1. The highest BCUT2D eigenvalue weighted by Gasteiger charge is 2.22. The van der Waals surface area contributed by atoms with Gasteiger partial charge in [-0.25, -0.2) is 13.1 Å². The number of thiophene rings is 1. The summed E-state index contributed by atoms with van der Waals surface area (Å²) >= 11 is 4.68. The summed E-state index contributed by atoms with van der Waals surface area (Å²) in [6.45, 7) is 3.52. The monoisotopic (exact) mass is 355 g/mol. The average Bonchev–Trinajstić information content (AvgIpc) is 2.68. The molecule has 8 heteroatoms. The molecule has 1 aliphatic heterocycles. The number of nitrogens with one attached hydrogen (secondary N) is 1. The molecule has 0 aliphatic carbocycles. The number of hydrogen-bond donors (Lipinski definition) is 1. The summed E-state index contributed by atoms with van der Waals surface area (Å²) in [7, 11) is -3.47. The van der Waals surface area contributed by atoms with Gasteiger partial charge in [0.05, 0.1) is 34.6 Å². The van der Waals surface area contributed by atoms with E-state index < -0.39 is 10.0 Å². The molecule has 0 radical (unpaired) electrons. The normalized spacial score (nSPS) is 21.1. The van der Waals surface area contributed by atoms with Crippen molar-refractivity contribution in [3.05, 3.63) is 14.7 Å². The lowest BCUT2D eigenvalue weighted by atomic mass is 10.3. The van der Waals surface area contributed by atoms with E-state index in [1.807, 2.05) is 0 Å². The number of rotatable bonds is 4. The molecule has 1 aromatic heterocycles. The highest BCUT2D eigenvalue weighted by molar-refractivity contribution is 9.11. The average molecular weight is 356 g/mol. The van der Waals surface area contributed by atoms with Crippen LogP contribution in [-0.4, -0.2) is 40.9 Å². The standard InChI is InChI=1S/C10H14BrNO4S2/c1-7-9(4-10(11)17-7)18(13,14)12-5-8-6-15-2-3-16-8/h4,8,12H,2-3,5-6H2,1H3. The molecular weight excluding hydrogens is 342 g/mol. The molecular formula is C10H14BrNO4S2. The van der Waals surface area contributed by atoms with Crippen molar-refractivity contribution in [1.82, 2.24) is 4.72 Å². The van der Waals surface area contributed by atoms with Gasteiger partial charge in [0.25, 0.3) is 0 Å². The molecule has 1 aliphatic rings. The van der Waals surface area contributed by atoms with Gasteiger partial charge in [-0.1, -0.05) is 0 Å². The topological polar surface area (TPSA) is 64.6 Å². The lowest BCUT2D eigenvalue weighted by Crippen LogP contribution is -2.39. The second-order valence-corrected chi connectivity index (χ2v) is 8.26. The van der Waals surface area contributed by atoms with Gasteiger partial charge in [-0.15, -0.1) is 11.3 Å². The van der Waals surface area contributed by atoms with Crippen LogP contribution in [0.15, 0.2) is 14.7 Å². The molecule has 5 nitrogen and oxygen atoms in total. The molecule has 1 fully saturated rings. The Kier molecular flexibility index (Phi) is 4.79. The zero-order valence-corrected chi connectivity index (χ0v) is 13.0. The van der Waals surface area contributed by atoms with E-state index >= 15 is 0 Å². The Morgan fingerprint density at radius 1 is 1.56 bits per heavy atom. The van der Waals surface area contributed by atoms with Gasteiger partial charge in [0.1, 0.15) is 0 Å². The number of halogens is 1. The summed E-state index contributed by atoms with van der Waals surface area (Å²) in [5.41, 5.74) is 0. The SMILES string of the molecule is Cc1sc(Br)cc1S(=O)(=O)NCC1COCCO1. The van der Waals surface area contributed by atoms with Crippen LogP contribution in [0.25, 0.3) is 0 Å². The zero-order valence-electron chi connectivity index (χ0n) is 9.81. The van der Waals surface area contributed by atoms with E-state index in [2.05, 4.69) is 20.7 Å². The molecule has 1 unspecified atom stereocenters. The first kappa shape index (κ1) is 14.4. The van der Waals surface area contributed by atoms with Crippen LogP contribution in [0.1, 0.15) is 4.88 Å².